The highest BCUT2D eigenvalue weighted by Crippen LogP contribution is 2.29. The van der Waals surface area contributed by atoms with Crippen LogP contribution in [0.4, 0.5) is 0 Å². The molecule has 0 saturated heterocycles. The average molecular weight is 167 g/mol. The number of hydrogen-bond donors (Lipinski definition) is 1. The van der Waals surface area contributed by atoms with E-state index in [0.717, 1.165) is 0 Å². The Morgan fingerprint density at radius 3 is 1.67 bits per heavy atom. The maximum Gasteiger partial charge on any atom is 0.0820 e. The van der Waals surface area contributed by atoms with Crippen LogP contribution in [0.1, 0.15) is 41.5 Å². The summed E-state index contributed by atoms with van der Waals surface area (Å²) in [6, 6.07) is 0.422. The topological polar surface area (TPSA) is 12.0 Å². The predicted molar refractivity (Wildman–Crippen MR) is 55.0 cm³/mol. The molecule has 0 amide bonds. The molecule has 0 aromatic heterocycles. The Hall–Kier alpha value is -0.480. The van der Waals surface area contributed by atoms with E-state index in [1.807, 2.05) is 0 Å². The summed E-state index contributed by atoms with van der Waals surface area (Å²) in [6.45, 7) is 12.8. The van der Waals surface area contributed by atoms with Gasteiger partial charge in [0.05, 0.1) is 5.54 Å². The van der Waals surface area contributed by atoms with E-state index >= 15 is 0 Å². The summed E-state index contributed by atoms with van der Waals surface area (Å²) in [7, 11) is 0. The molecule has 12 heavy (non-hydrogen) atoms. The molecule has 0 heterocycles. The second-order valence-corrected chi connectivity index (χ2v) is 4.82. The fraction of sp³-hybridized carbons (Fsp3) is 0.818. The third-order valence-electron chi connectivity index (χ3n) is 2.37. The molecular formula is C11H21N. The first-order valence-electron chi connectivity index (χ1n) is 4.48. The fourth-order valence-corrected chi connectivity index (χ4v) is 1.05. The van der Waals surface area contributed by atoms with E-state index in [9.17, 15) is 0 Å². The Labute approximate surface area is 76.9 Å². The van der Waals surface area contributed by atoms with Crippen LogP contribution < -0.4 is 5.32 Å². The van der Waals surface area contributed by atoms with Crippen molar-refractivity contribution in [1.29, 1.82) is 0 Å². The molecule has 0 aromatic rings. The van der Waals surface area contributed by atoms with E-state index in [2.05, 4.69) is 52.8 Å². The monoisotopic (exact) mass is 167 g/mol. The van der Waals surface area contributed by atoms with Gasteiger partial charge in [-0.05, 0) is 26.2 Å². The highest BCUT2D eigenvalue weighted by Gasteiger charge is 2.35. The average Bonchev–Trinajstić information content (AvgIpc) is 1.83. The molecule has 0 saturated carbocycles. The normalized spacial score (nSPS) is 17.2. The molecule has 0 rings (SSSR count). The lowest BCUT2D eigenvalue weighted by molar-refractivity contribution is 0.205. The Morgan fingerprint density at radius 1 is 1.17 bits per heavy atom. The minimum atomic E-state index is -0.221. The summed E-state index contributed by atoms with van der Waals surface area (Å²) in [5.74, 6) is 2.84. The third kappa shape index (κ3) is 2.53. The highest BCUT2D eigenvalue weighted by atomic mass is 15.0. The standard InChI is InChI=1S/C11H21N/c1-8-11(7,10(4,5)6)12-9(2)3/h1,9,12H,2-7H3. The van der Waals surface area contributed by atoms with E-state index in [0.29, 0.717) is 6.04 Å². The van der Waals surface area contributed by atoms with Crippen molar-refractivity contribution in [2.45, 2.75) is 53.1 Å². The van der Waals surface area contributed by atoms with Gasteiger partial charge in [-0.15, -0.1) is 6.42 Å². The quantitative estimate of drug-likeness (QED) is 0.623. The number of rotatable bonds is 2. The van der Waals surface area contributed by atoms with Gasteiger partial charge in [-0.2, -0.15) is 0 Å². The molecule has 1 unspecified atom stereocenters. The largest absolute Gasteiger partial charge is 0.299 e. The van der Waals surface area contributed by atoms with E-state index in [1.165, 1.54) is 0 Å². The molecule has 0 aromatic carbocycles. The van der Waals surface area contributed by atoms with Crippen molar-refractivity contribution >= 4 is 0 Å². The van der Waals surface area contributed by atoms with Crippen LogP contribution in [0.5, 0.6) is 0 Å². The first-order chi connectivity index (χ1) is 5.23. The lowest BCUT2D eigenvalue weighted by Gasteiger charge is -2.40. The van der Waals surface area contributed by atoms with E-state index in [-0.39, 0.29) is 11.0 Å². The highest BCUT2D eigenvalue weighted by molar-refractivity contribution is 5.16. The SMILES string of the molecule is C#CC(C)(NC(C)C)C(C)(C)C. The van der Waals surface area contributed by atoms with Crippen molar-refractivity contribution in [3.8, 4) is 12.3 Å². The minimum Gasteiger partial charge on any atom is -0.299 e. The minimum absolute atomic E-state index is 0.0893. The van der Waals surface area contributed by atoms with Crippen LogP contribution in [0.15, 0.2) is 0 Å². The molecule has 0 spiro atoms. The summed E-state index contributed by atoms with van der Waals surface area (Å²) in [6.07, 6.45) is 5.53. The number of hydrogen-bond acceptors (Lipinski definition) is 1. The van der Waals surface area contributed by atoms with Gasteiger partial charge in [0.1, 0.15) is 0 Å². The van der Waals surface area contributed by atoms with Gasteiger partial charge in [-0.1, -0.05) is 26.7 Å². The summed E-state index contributed by atoms with van der Waals surface area (Å²) in [4.78, 5) is 0. The van der Waals surface area contributed by atoms with Crippen LogP contribution in [0.3, 0.4) is 0 Å². The van der Waals surface area contributed by atoms with Crippen molar-refractivity contribution in [3.63, 3.8) is 0 Å². The van der Waals surface area contributed by atoms with Crippen LogP contribution in [0.25, 0.3) is 0 Å². The summed E-state index contributed by atoms with van der Waals surface area (Å²) < 4.78 is 0. The Kier molecular flexibility index (Phi) is 3.35. The van der Waals surface area contributed by atoms with Gasteiger partial charge >= 0.3 is 0 Å². The zero-order valence-electron chi connectivity index (χ0n) is 9.15. The van der Waals surface area contributed by atoms with Crippen LogP contribution in [-0.2, 0) is 0 Å². The maximum absolute atomic E-state index is 5.53. The van der Waals surface area contributed by atoms with E-state index in [1.54, 1.807) is 0 Å². The van der Waals surface area contributed by atoms with Crippen LogP contribution >= 0.6 is 0 Å². The van der Waals surface area contributed by atoms with Crippen LogP contribution in [0.2, 0.25) is 0 Å². The smallest absolute Gasteiger partial charge is 0.0820 e. The molecule has 0 bridgehead atoms. The van der Waals surface area contributed by atoms with Gasteiger partial charge in [0.25, 0.3) is 0 Å². The molecule has 1 atom stereocenters. The number of terminal acetylenes is 1. The zero-order chi connectivity index (χ0) is 9.99. The lowest BCUT2D eigenvalue weighted by atomic mass is 9.75. The van der Waals surface area contributed by atoms with E-state index in [4.69, 9.17) is 6.42 Å². The van der Waals surface area contributed by atoms with Gasteiger partial charge in [0, 0.05) is 6.04 Å². The molecule has 1 heteroatoms. The molecular weight excluding hydrogens is 146 g/mol. The molecule has 0 aliphatic rings. The molecule has 70 valence electrons. The predicted octanol–water partition coefficient (Wildman–Crippen LogP) is 2.42. The maximum atomic E-state index is 5.53. The van der Waals surface area contributed by atoms with Crippen molar-refractivity contribution < 1.29 is 0 Å². The van der Waals surface area contributed by atoms with Crippen molar-refractivity contribution in [2.75, 3.05) is 0 Å². The Bertz CT molecular complexity index is 180. The van der Waals surface area contributed by atoms with Crippen LogP contribution in [-0.4, -0.2) is 11.6 Å². The van der Waals surface area contributed by atoms with Crippen molar-refractivity contribution in [2.24, 2.45) is 5.41 Å². The molecule has 1 N–H and O–H groups in total. The molecule has 0 aliphatic heterocycles. The second-order valence-electron chi connectivity index (χ2n) is 4.82. The molecule has 1 nitrogen and oxygen atoms in total. The Morgan fingerprint density at radius 2 is 1.58 bits per heavy atom. The Balaban J connectivity index is 4.61. The van der Waals surface area contributed by atoms with Crippen molar-refractivity contribution in [1.82, 2.24) is 5.32 Å². The fourth-order valence-electron chi connectivity index (χ4n) is 1.05. The lowest BCUT2D eigenvalue weighted by Crippen LogP contribution is -2.53. The number of nitrogens with one attached hydrogen (secondary N) is 1. The van der Waals surface area contributed by atoms with E-state index < -0.39 is 0 Å². The second kappa shape index (κ2) is 3.49. The first kappa shape index (κ1) is 11.5. The molecule has 0 aliphatic carbocycles. The van der Waals surface area contributed by atoms with Gasteiger partial charge in [-0.3, -0.25) is 5.32 Å². The van der Waals surface area contributed by atoms with Gasteiger partial charge in [-0.25, -0.2) is 0 Å². The van der Waals surface area contributed by atoms with Gasteiger partial charge in [0.15, 0.2) is 0 Å². The van der Waals surface area contributed by atoms with Gasteiger partial charge in [0.2, 0.25) is 0 Å². The third-order valence-corrected chi connectivity index (χ3v) is 2.37. The first-order valence-corrected chi connectivity index (χ1v) is 4.48. The summed E-state index contributed by atoms with van der Waals surface area (Å²) >= 11 is 0. The molecule has 0 fully saturated rings. The zero-order valence-corrected chi connectivity index (χ0v) is 9.15. The van der Waals surface area contributed by atoms with Crippen LogP contribution in [0, 0.1) is 17.8 Å². The summed E-state index contributed by atoms with van der Waals surface area (Å²) in [5.41, 5.74) is -0.132. The van der Waals surface area contributed by atoms with Gasteiger partial charge < -0.3 is 0 Å². The molecule has 0 radical (unpaired) electrons. The summed E-state index contributed by atoms with van der Waals surface area (Å²) in [5, 5.41) is 3.41. The van der Waals surface area contributed by atoms with Crippen molar-refractivity contribution in [3.05, 3.63) is 0 Å².